The van der Waals surface area contributed by atoms with Crippen molar-refractivity contribution in [2.24, 2.45) is 0 Å². The lowest BCUT2D eigenvalue weighted by molar-refractivity contribution is 0.0426. The van der Waals surface area contributed by atoms with Crippen molar-refractivity contribution in [2.45, 2.75) is 20.5 Å². The molecular weight excluding hydrogens is 368 g/mol. The van der Waals surface area contributed by atoms with Crippen molar-refractivity contribution in [1.82, 2.24) is 9.71 Å². The minimum absolute atomic E-state index is 0.152. The van der Waals surface area contributed by atoms with Crippen LogP contribution in [-0.2, 0) is 11.3 Å². The van der Waals surface area contributed by atoms with Gasteiger partial charge in [0.15, 0.2) is 11.5 Å². The average Bonchev–Trinajstić information content (AvgIpc) is 3.09. The fourth-order valence-corrected chi connectivity index (χ4v) is 2.79. The quantitative estimate of drug-likeness (QED) is 0.602. The Morgan fingerprint density at radius 3 is 2.48 bits per heavy atom. The maximum Gasteiger partial charge on any atom is 0.360 e. The number of ether oxygens (including phenoxy) is 1. The predicted molar refractivity (Wildman–Crippen MR) is 105 cm³/mol. The first kappa shape index (κ1) is 19.7. The van der Waals surface area contributed by atoms with Crippen molar-refractivity contribution in [2.75, 3.05) is 6.61 Å². The molecule has 29 heavy (non-hydrogen) atoms. The number of esters is 1. The highest BCUT2D eigenvalue weighted by molar-refractivity contribution is 5.89. The van der Waals surface area contributed by atoms with Crippen LogP contribution in [0.25, 0.3) is 11.4 Å². The third-order valence-electron chi connectivity index (χ3n) is 4.17. The van der Waals surface area contributed by atoms with Crippen molar-refractivity contribution < 1.29 is 14.4 Å². The molecule has 7 nitrogen and oxygen atoms in total. The zero-order chi connectivity index (χ0) is 20.8. The highest BCUT2D eigenvalue weighted by Gasteiger charge is 2.24. The molecule has 0 saturated heterocycles. The molecule has 0 fully saturated rings. The highest BCUT2D eigenvalue weighted by atomic mass is 16.7. The van der Waals surface area contributed by atoms with Gasteiger partial charge in [0.1, 0.15) is 6.61 Å². The second kappa shape index (κ2) is 8.73. The van der Waals surface area contributed by atoms with Gasteiger partial charge in [-0.15, -0.1) is 0 Å². The first-order valence-electron chi connectivity index (χ1n) is 8.96. The van der Waals surface area contributed by atoms with Gasteiger partial charge in [-0.25, -0.2) is 9.78 Å². The van der Waals surface area contributed by atoms with E-state index in [0.717, 1.165) is 5.56 Å². The topological polar surface area (TPSA) is 101 Å². The van der Waals surface area contributed by atoms with Gasteiger partial charge in [-0.05, 0) is 43.7 Å². The largest absolute Gasteiger partial charge is 0.461 e. The van der Waals surface area contributed by atoms with Gasteiger partial charge in [-0.3, -0.25) is 0 Å². The number of carbonyl (C=O) groups is 1. The number of benzene rings is 2. The Bertz CT molecular complexity index is 1120. The van der Waals surface area contributed by atoms with Gasteiger partial charge >= 0.3 is 5.97 Å². The van der Waals surface area contributed by atoms with Crippen LogP contribution in [0.5, 0.6) is 0 Å². The van der Waals surface area contributed by atoms with Gasteiger partial charge in [0.25, 0.3) is 0 Å². The first-order valence-corrected chi connectivity index (χ1v) is 8.96. The van der Waals surface area contributed by atoms with Crippen LogP contribution in [0.3, 0.4) is 0 Å². The molecule has 0 atom stereocenters. The van der Waals surface area contributed by atoms with Gasteiger partial charge in [0.2, 0.25) is 0 Å². The van der Waals surface area contributed by atoms with Crippen LogP contribution < -0.4 is 4.84 Å². The fourth-order valence-electron chi connectivity index (χ4n) is 2.79. The number of nitriles is 2. The fraction of sp³-hybridized carbons (Fsp3) is 0.182. The zero-order valence-electron chi connectivity index (χ0n) is 16.0. The minimum atomic E-state index is -0.542. The van der Waals surface area contributed by atoms with E-state index in [1.54, 1.807) is 62.4 Å². The smallest absolute Gasteiger partial charge is 0.360 e. The molecule has 0 saturated carbocycles. The molecule has 0 aliphatic rings. The summed E-state index contributed by atoms with van der Waals surface area (Å²) in [6.07, 6.45) is 0. The summed E-state index contributed by atoms with van der Waals surface area (Å²) in [7, 11) is 0. The molecule has 0 bridgehead atoms. The summed E-state index contributed by atoms with van der Waals surface area (Å²) in [5.74, 6) is -0.142. The van der Waals surface area contributed by atoms with Crippen molar-refractivity contribution in [3.05, 3.63) is 76.6 Å². The molecule has 0 spiro atoms. The van der Waals surface area contributed by atoms with Crippen LogP contribution >= 0.6 is 0 Å². The molecule has 0 aliphatic heterocycles. The van der Waals surface area contributed by atoms with Crippen LogP contribution in [0, 0.1) is 29.6 Å². The number of carbonyl (C=O) groups excluding carboxylic acids is 1. The minimum Gasteiger partial charge on any atom is -0.461 e. The SMILES string of the molecule is CCOC(=O)c1c(C)nc(-c2cccc(C#N)c2)n1OCc1ccc(C#N)cc1. The molecule has 3 aromatic rings. The molecule has 1 aromatic heterocycles. The Labute approximate surface area is 168 Å². The van der Waals surface area contributed by atoms with E-state index in [-0.39, 0.29) is 18.9 Å². The second-order valence-corrected chi connectivity index (χ2v) is 6.16. The third kappa shape index (κ3) is 4.26. The maximum atomic E-state index is 12.5. The van der Waals surface area contributed by atoms with Crippen molar-refractivity contribution in [1.29, 1.82) is 10.5 Å². The van der Waals surface area contributed by atoms with E-state index in [1.807, 2.05) is 0 Å². The lowest BCUT2D eigenvalue weighted by atomic mass is 10.1. The van der Waals surface area contributed by atoms with Crippen LogP contribution in [0.15, 0.2) is 48.5 Å². The first-order chi connectivity index (χ1) is 14.1. The number of aromatic nitrogens is 2. The molecule has 0 aliphatic carbocycles. The Balaban J connectivity index is 2.02. The lowest BCUT2D eigenvalue weighted by Crippen LogP contribution is -2.20. The van der Waals surface area contributed by atoms with E-state index in [2.05, 4.69) is 17.1 Å². The normalized spacial score (nSPS) is 10.1. The molecule has 0 radical (unpaired) electrons. The monoisotopic (exact) mass is 386 g/mol. The van der Waals surface area contributed by atoms with Crippen LogP contribution in [0.1, 0.15) is 39.8 Å². The number of hydrogen-bond donors (Lipinski definition) is 0. The summed E-state index contributed by atoms with van der Waals surface area (Å²) in [6, 6.07) is 18.0. The molecule has 1 heterocycles. The molecule has 3 rings (SSSR count). The standard InChI is InChI=1S/C22H18N4O3/c1-3-28-22(27)20-15(2)25-21(19-6-4-5-18(11-19)13-24)26(20)29-14-17-9-7-16(12-23)8-10-17/h4-11H,3,14H2,1-2H3. The summed E-state index contributed by atoms with van der Waals surface area (Å²) in [4.78, 5) is 22.9. The Hall–Kier alpha value is -4.10. The van der Waals surface area contributed by atoms with Gasteiger partial charge in [-0.2, -0.15) is 15.3 Å². The Kier molecular flexibility index (Phi) is 5.91. The number of aryl methyl sites for hydroxylation is 1. The molecule has 0 unspecified atom stereocenters. The van der Waals surface area contributed by atoms with Crippen molar-refractivity contribution >= 4 is 5.97 Å². The van der Waals surface area contributed by atoms with Crippen LogP contribution in [-0.4, -0.2) is 22.3 Å². The third-order valence-corrected chi connectivity index (χ3v) is 4.17. The molecule has 7 heteroatoms. The molecule has 144 valence electrons. The van der Waals surface area contributed by atoms with E-state index >= 15 is 0 Å². The van der Waals surface area contributed by atoms with Crippen molar-refractivity contribution in [3.63, 3.8) is 0 Å². The molecular formula is C22H18N4O3. The summed E-state index contributed by atoms with van der Waals surface area (Å²) in [5, 5.41) is 18.1. The van der Waals surface area contributed by atoms with Crippen LogP contribution in [0.2, 0.25) is 0 Å². The van der Waals surface area contributed by atoms with Gasteiger partial charge in [-0.1, -0.05) is 24.3 Å². The zero-order valence-corrected chi connectivity index (χ0v) is 16.0. The number of rotatable bonds is 6. The Morgan fingerprint density at radius 1 is 1.10 bits per heavy atom. The van der Waals surface area contributed by atoms with E-state index in [9.17, 15) is 10.1 Å². The van der Waals surface area contributed by atoms with E-state index in [1.165, 1.54) is 4.73 Å². The summed E-state index contributed by atoms with van der Waals surface area (Å²) < 4.78 is 6.51. The second-order valence-electron chi connectivity index (χ2n) is 6.16. The highest BCUT2D eigenvalue weighted by Crippen LogP contribution is 2.23. The summed E-state index contributed by atoms with van der Waals surface area (Å²) in [6.45, 7) is 3.80. The van der Waals surface area contributed by atoms with Gasteiger partial charge < -0.3 is 9.57 Å². The number of hydrogen-bond acceptors (Lipinski definition) is 6. The molecule has 0 N–H and O–H groups in total. The lowest BCUT2D eigenvalue weighted by Gasteiger charge is -2.13. The Morgan fingerprint density at radius 2 is 1.83 bits per heavy atom. The average molecular weight is 386 g/mol. The molecule has 0 amide bonds. The predicted octanol–water partition coefficient (Wildman–Crippen LogP) is 3.41. The summed E-state index contributed by atoms with van der Waals surface area (Å²) >= 11 is 0. The van der Waals surface area contributed by atoms with E-state index in [4.69, 9.17) is 14.8 Å². The number of nitrogens with zero attached hydrogens (tertiary/aromatic N) is 4. The van der Waals surface area contributed by atoms with Crippen molar-refractivity contribution in [3.8, 4) is 23.5 Å². The number of imidazole rings is 1. The van der Waals surface area contributed by atoms with E-state index in [0.29, 0.717) is 28.2 Å². The van der Waals surface area contributed by atoms with E-state index < -0.39 is 5.97 Å². The van der Waals surface area contributed by atoms with Crippen LogP contribution in [0.4, 0.5) is 0 Å². The summed E-state index contributed by atoms with van der Waals surface area (Å²) in [5.41, 5.74) is 3.14. The van der Waals surface area contributed by atoms with Gasteiger partial charge in [0.05, 0.1) is 35.6 Å². The maximum absolute atomic E-state index is 12.5. The van der Waals surface area contributed by atoms with Gasteiger partial charge in [0, 0.05) is 5.56 Å². The molecule has 2 aromatic carbocycles.